The van der Waals surface area contributed by atoms with Crippen LogP contribution in [0.1, 0.15) is 70.4 Å². The molecule has 0 aliphatic carbocycles. The number of hydrogen-bond donors (Lipinski definition) is 6. The summed E-state index contributed by atoms with van der Waals surface area (Å²) in [5.41, 5.74) is 6.90. The lowest BCUT2D eigenvalue weighted by atomic mass is 10.1. The maximum Gasteiger partial charge on any atom is 0.220 e. The largest absolute Gasteiger partial charge is 0.511 e. The topological polar surface area (TPSA) is 198 Å². The van der Waals surface area contributed by atoms with Gasteiger partial charge in [0.25, 0.3) is 0 Å². The van der Waals surface area contributed by atoms with E-state index in [1.165, 1.54) is 6.33 Å². The average molecular weight is 594 g/mol. The van der Waals surface area contributed by atoms with E-state index in [1.807, 2.05) is 0 Å². The van der Waals surface area contributed by atoms with Crippen LogP contribution in [0.4, 0.5) is 5.82 Å². The Bertz CT molecular complexity index is 1130. The highest BCUT2D eigenvalue weighted by Gasteiger charge is 2.35. The van der Waals surface area contributed by atoms with Crippen LogP contribution in [0.25, 0.3) is 11.2 Å². The van der Waals surface area contributed by atoms with Gasteiger partial charge in [-0.15, -0.1) is 0 Å². The smallest absolute Gasteiger partial charge is 0.220 e. The number of aliphatic hydroxyl groups is 3. The number of rotatable bonds is 19. The molecule has 2 aromatic heterocycles. The van der Waals surface area contributed by atoms with Crippen LogP contribution in [0.5, 0.6) is 0 Å². The summed E-state index contributed by atoms with van der Waals surface area (Å²) in [7, 11) is 0. The van der Waals surface area contributed by atoms with Gasteiger partial charge in [0.15, 0.2) is 11.5 Å². The number of ether oxygens (including phenoxy) is 1. The first kappa shape index (κ1) is 32.6. The number of nitrogens with zero attached hydrogens (tertiary/aromatic N) is 4. The molecule has 0 radical (unpaired) electrons. The zero-order valence-electron chi connectivity index (χ0n) is 23.4. The molecule has 0 spiro atoms. The summed E-state index contributed by atoms with van der Waals surface area (Å²) >= 11 is 1.56. The predicted octanol–water partition coefficient (Wildman–Crippen LogP) is 1.97. The molecule has 13 nitrogen and oxygen atoms in total. The fourth-order valence-electron chi connectivity index (χ4n) is 4.58. The number of carbonyl (C=O) groups is 2. The fraction of sp³-hybridized carbons (Fsp3) is 0.667. The summed E-state index contributed by atoms with van der Waals surface area (Å²) < 4.78 is 7.83. The molecule has 2 aromatic rings. The fourth-order valence-corrected chi connectivity index (χ4v) is 5.69. The Labute approximate surface area is 244 Å². The van der Waals surface area contributed by atoms with Crippen molar-refractivity contribution in [2.45, 2.75) is 88.7 Å². The molecular formula is C27H43N7O6S. The Morgan fingerprint density at radius 1 is 1.15 bits per heavy atom. The Hall–Kier alpha value is -2.94. The lowest BCUT2D eigenvalue weighted by Crippen LogP contribution is -2.36. The molecule has 228 valence electrons. The molecule has 7 N–H and O–H groups in total. The molecule has 2 amide bonds. The minimum absolute atomic E-state index is 0.0178. The number of amides is 2. The van der Waals surface area contributed by atoms with Crippen molar-refractivity contribution in [1.29, 1.82) is 0 Å². The number of unbranched alkanes of at least 4 members (excludes halogenated alkanes) is 4. The van der Waals surface area contributed by atoms with E-state index in [1.54, 1.807) is 22.7 Å². The molecular weight excluding hydrogens is 550 g/mol. The summed E-state index contributed by atoms with van der Waals surface area (Å²) in [4.78, 5) is 36.6. The van der Waals surface area contributed by atoms with Crippen LogP contribution in [-0.4, -0.2) is 89.6 Å². The first-order chi connectivity index (χ1) is 19.8. The zero-order valence-corrected chi connectivity index (χ0v) is 24.2. The van der Waals surface area contributed by atoms with Crippen molar-refractivity contribution in [3.8, 4) is 0 Å². The zero-order chi connectivity index (χ0) is 29.6. The van der Waals surface area contributed by atoms with E-state index in [0.717, 1.165) is 32.1 Å². The van der Waals surface area contributed by atoms with Gasteiger partial charge in [-0.25, -0.2) is 15.0 Å². The maximum atomic E-state index is 12.4. The van der Waals surface area contributed by atoms with E-state index in [-0.39, 0.29) is 36.1 Å². The molecule has 1 saturated heterocycles. The highest BCUT2D eigenvalue weighted by Crippen LogP contribution is 2.33. The van der Waals surface area contributed by atoms with Crippen molar-refractivity contribution in [1.82, 2.24) is 30.2 Å². The molecule has 1 fully saturated rings. The molecule has 3 unspecified atom stereocenters. The highest BCUT2D eigenvalue weighted by molar-refractivity contribution is 7.99. The normalized spacial score (nSPS) is 19.3. The average Bonchev–Trinajstić information content (AvgIpc) is 3.54. The number of aromatic nitrogens is 4. The molecule has 3 rings (SSSR count). The van der Waals surface area contributed by atoms with E-state index in [2.05, 4.69) is 32.2 Å². The van der Waals surface area contributed by atoms with E-state index in [9.17, 15) is 19.8 Å². The van der Waals surface area contributed by atoms with Gasteiger partial charge in [-0.2, -0.15) is 11.8 Å². The van der Waals surface area contributed by atoms with E-state index < -0.39 is 18.4 Å². The highest BCUT2D eigenvalue weighted by atomic mass is 32.2. The monoisotopic (exact) mass is 593 g/mol. The molecule has 0 saturated carbocycles. The quantitative estimate of drug-likeness (QED) is 0.103. The van der Waals surface area contributed by atoms with E-state index in [4.69, 9.17) is 15.6 Å². The van der Waals surface area contributed by atoms with Gasteiger partial charge in [-0.05, 0) is 37.9 Å². The number of nitrogens with one attached hydrogen (secondary N) is 2. The molecule has 41 heavy (non-hydrogen) atoms. The number of fused-ring (bicyclic) bond motifs is 1. The number of imidazole rings is 1. The van der Waals surface area contributed by atoms with Gasteiger partial charge in [-0.1, -0.05) is 19.4 Å². The summed E-state index contributed by atoms with van der Waals surface area (Å²) in [6, 6.07) is -0.551. The number of nitrogen functional groups attached to an aromatic ring is 1. The van der Waals surface area contributed by atoms with Crippen molar-refractivity contribution < 1.29 is 29.6 Å². The first-order valence-electron chi connectivity index (χ1n) is 14.2. The van der Waals surface area contributed by atoms with Crippen LogP contribution in [-0.2, 0) is 14.3 Å². The standard InChI is InChI=1S/C27H43N7O6S/c1-18(36)19(33-23(39)9-4-2-6-11-29-22(38)8-5-3-7-12-35)10-13-41-15-21-20(37)14-24(40-21)34-17-32-25-26(28)30-16-31-27(25)34/h16-17,19-21,24,35-37H,1-15H2,(H,29,38)(H,33,39)(H2,28,30,31)/t19?,20-,21?,24?/m0/s1. The van der Waals surface area contributed by atoms with Gasteiger partial charge in [0.1, 0.15) is 23.8 Å². The third kappa shape index (κ3) is 10.4. The number of thioether (sulfide) groups is 1. The summed E-state index contributed by atoms with van der Waals surface area (Å²) in [5.74, 6) is 1.22. The summed E-state index contributed by atoms with van der Waals surface area (Å²) in [6.45, 7) is 4.34. The summed E-state index contributed by atoms with van der Waals surface area (Å²) in [6.07, 6.45) is 7.79. The van der Waals surface area contributed by atoms with Gasteiger partial charge in [0, 0.05) is 38.2 Å². The van der Waals surface area contributed by atoms with Crippen LogP contribution in [0, 0.1) is 0 Å². The minimum Gasteiger partial charge on any atom is -0.511 e. The van der Waals surface area contributed by atoms with Crippen LogP contribution in [0.3, 0.4) is 0 Å². The minimum atomic E-state index is -0.655. The van der Waals surface area contributed by atoms with Crippen LogP contribution < -0.4 is 16.4 Å². The van der Waals surface area contributed by atoms with Gasteiger partial charge in [-0.3, -0.25) is 14.2 Å². The Balaban J connectivity index is 1.29. The number of nitrogens with two attached hydrogens (primary N) is 1. The molecule has 1 aliphatic heterocycles. The van der Waals surface area contributed by atoms with Gasteiger partial charge >= 0.3 is 0 Å². The van der Waals surface area contributed by atoms with Crippen molar-refractivity contribution in [3.63, 3.8) is 0 Å². The molecule has 1 aliphatic rings. The first-order valence-corrected chi connectivity index (χ1v) is 15.3. The molecule has 4 atom stereocenters. The van der Waals surface area contributed by atoms with Crippen molar-refractivity contribution in [3.05, 3.63) is 25.0 Å². The van der Waals surface area contributed by atoms with E-state index in [0.29, 0.717) is 61.3 Å². The Morgan fingerprint density at radius 3 is 2.66 bits per heavy atom. The van der Waals surface area contributed by atoms with Crippen molar-refractivity contribution in [2.24, 2.45) is 0 Å². The number of anilines is 1. The number of hydrogen-bond acceptors (Lipinski definition) is 11. The van der Waals surface area contributed by atoms with Crippen LogP contribution in [0.2, 0.25) is 0 Å². The lowest BCUT2D eigenvalue weighted by Gasteiger charge is -2.19. The van der Waals surface area contributed by atoms with Gasteiger partial charge < -0.3 is 36.4 Å². The number of carbonyl (C=O) groups excluding carboxylic acids is 2. The third-order valence-corrected chi connectivity index (χ3v) is 8.03. The second-order valence-corrected chi connectivity index (χ2v) is 11.3. The molecule has 3 heterocycles. The molecule has 14 heteroatoms. The predicted molar refractivity (Wildman–Crippen MR) is 157 cm³/mol. The Kier molecular flexibility index (Phi) is 13.6. The lowest BCUT2D eigenvalue weighted by molar-refractivity contribution is -0.122. The Morgan fingerprint density at radius 2 is 1.90 bits per heavy atom. The SMILES string of the molecule is C=C(O)C(CCSCC1OC(n2cnc3c(N)ncnc32)C[C@@H]1O)NC(=O)CCCCCNC(=O)CCCCCO. The third-order valence-electron chi connectivity index (χ3n) is 6.94. The molecule has 0 aromatic carbocycles. The van der Waals surface area contributed by atoms with Crippen molar-refractivity contribution >= 4 is 40.6 Å². The summed E-state index contributed by atoms with van der Waals surface area (Å²) in [5, 5.41) is 35.0. The second kappa shape index (κ2) is 17.1. The van der Waals surface area contributed by atoms with Gasteiger partial charge in [0.05, 0.1) is 24.6 Å². The van der Waals surface area contributed by atoms with Crippen molar-refractivity contribution in [2.75, 3.05) is 30.4 Å². The second-order valence-electron chi connectivity index (χ2n) is 10.2. The number of aliphatic hydroxyl groups excluding tert-OH is 3. The maximum absolute atomic E-state index is 12.4. The van der Waals surface area contributed by atoms with Gasteiger partial charge in [0.2, 0.25) is 11.8 Å². The van der Waals surface area contributed by atoms with Crippen LogP contribution in [0.15, 0.2) is 25.0 Å². The molecule has 0 bridgehead atoms. The van der Waals surface area contributed by atoms with Crippen LogP contribution >= 0.6 is 11.8 Å². The van der Waals surface area contributed by atoms with E-state index >= 15 is 0 Å².